The Balaban J connectivity index is 1.38. The number of hydrogen-bond donors (Lipinski definition) is 1. The van der Waals surface area contributed by atoms with Crippen molar-refractivity contribution in [2.24, 2.45) is 0 Å². The zero-order valence-corrected chi connectivity index (χ0v) is 18.3. The predicted molar refractivity (Wildman–Crippen MR) is 120 cm³/mol. The molecule has 4 aromatic rings. The average molecular weight is 477 g/mol. The van der Waals surface area contributed by atoms with Crippen LogP contribution in [0.2, 0.25) is 15.1 Å². The number of nitrogens with zero attached hydrogens (tertiary/aromatic N) is 4. The van der Waals surface area contributed by atoms with Crippen LogP contribution in [0.4, 0.5) is 5.69 Å². The van der Waals surface area contributed by atoms with Crippen LogP contribution in [0.3, 0.4) is 0 Å². The van der Waals surface area contributed by atoms with Gasteiger partial charge in [0.25, 0.3) is 5.91 Å². The standard InChI is InChI=1S/C21H16Cl3N5O2/c22-15-2-4-17(5-3-15)31-13-29-20(7-8-25-29)21(30)27-16-10-26-28(12-16)11-14-1-6-18(23)19(24)9-14/h1-10,12H,11,13H2,(H,27,30). The lowest BCUT2D eigenvalue weighted by atomic mass is 10.2. The van der Waals surface area contributed by atoms with Gasteiger partial charge in [-0.15, -0.1) is 0 Å². The van der Waals surface area contributed by atoms with Gasteiger partial charge in [-0.1, -0.05) is 40.9 Å². The molecular formula is C21H16Cl3N5O2. The first-order valence-corrected chi connectivity index (χ1v) is 10.3. The summed E-state index contributed by atoms with van der Waals surface area (Å²) in [5.41, 5.74) is 1.84. The number of nitrogens with one attached hydrogen (secondary N) is 1. The lowest BCUT2D eigenvalue weighted by molar-refractivity contribution is 0.100. The van der Waals surface area contributed by atoms with E-state index in [-0.39, 0.29) is 12.6 Å². The highest BCUT2D eigenvalue weighted by Gasteiger charge is 2.14. The Morgan fingerprint density at radius 2 is 1.81 bits per heavy atom. The quantitative estimate of drug-likeness (QED) is 0.389. The summed E-state index contributed by atoms with van der Waals surface area (Å²) in [7, 11) is 0. The first-order valence-electron chi connectivity index (χ1n) is 9.16. The molecule has 0 aliphatic carbocycles. The van der Waals surface area contributed by atoms with Gasteiger partial charge in [0.15, 0.2) is 6.73 Å². The maximum Gasteiger partial charge on any atom is 0.274 e. The Hall–Kier alpha value is -3.00. The summed E-state index contributed by atoms with van der Waals surface area (Å²) in [5, 5.41) is 12.8. The van der Waals surface area contributed by atoms with E-state index in [0.717, 1.165) is 5.56 Å². The molecule has 2 aromatic heterocycles. The van der Waals surface area contributed by atoms with E-state index < -0.39 is 0 Å². The fourth-order valence-electron chi connectivity index (χ4n) is 2.83. The van der Waals surface area contributed by atoms with E-state index in [1.165, 1.54) is 10.9 Å². The number of carbonyl (C=O) groups is 1. The van der Waals surface area contributed by atoms with Crippen molar-refractivity contribution in [2.75, 3.05) is 5.32 Å². The Morgan fingerprint density at radius 3 is 2.58 bits per heavy atom. The van der Waals surface area contributed by atoms with Crippen LogP contribution in [-0.4, -0.2) is 25.5 Å². The van der Waals surface area contributed by atoms with Crippen LogP contribution in [0.5, 0.6) is 5.75 Å². The second kappa shape index (κ2) is 9.43. The zero-order chi connectivity index (χ0) is 21.8. The van der Waals surface area contributed by atoms with Crippen molar-refractivity contribution < 1.29 is 9.53 Å². The van der Waals surface area contributed by atoms with Gasteiger partial charge < -0.3 is 10.1 Å². The largest absolute Gasteiger partial charge is 0.471 e. The Bertz CT molecular complexity index is 1200. The van der Waals surface area contributed by atoms with E-state index in [2.05, 4.69) is 15.5 Å². The zero-order valence-electron chi connectivity index (χ0n) is 16.0. The van der Waals surface area contributed by atoms with Crippen LogP contribution >= 0.6 is 34.8 Å². The molecule has 2 aromatic carbocycles. The monoisotopic (exact) mass is 475 g/mol. The molecule has 31 heavy (non-hydrogen) atoms. The Labute approximate surface area is 193 Å². The van der Waals surface area contributed by atoms with Gasteiger partial charge in [0.05, 0.1) is 28.5 Å². The summed E-state index contributed by atoms with van der Waals surface area (Å²) in [4.78, 5) is 12.7. The molecule has 7 nitrogen and oxygen atoms in total. The van der Waals surface area contributed by atoms with Crippen molar-refractivity contribution in [3.05, 3.63) is 93.4 Å². The van der Waals surface area contributed by atoms with E-state index in [1.54, 1.807) is 59.5 Å². The second-order valence-electron chi connectivity index (χ2n) is 6.57. The molecule has 0 aliphatic rings. The molecule has 0 atom stereocenters. The van der Waals surface area contributed by atoms with Gasteiger partial charge in [-0.05, 0) is 48.0 Å². The molecule has 0 bridgehead atoms. The fraction of sp³-hybridized carbons (Fsp3) is 0.0952. The van der Waals surface area contributed by atoms with Gasteiger partial charge in [-0.25, -0.2) is 4.68 Å². The Morgan fingerprint density at radius 1 is 1.00 bits per heavy atom. The molecule has 0 spiro atoms. The number of amides is 1. The molecule has 0 radical (unpaired) electrons. The number of hydrogen-bond acceptors (Lipinski definition) is 4. The molecule has 10 heteroatoms. The van der Waals surface area contributed by atoms with Crippen molar-refractivity contribution in [1.29, 1.82) is 0 Å². The van der Waals surface area contributed by atoms with Gasteiger partial charge in [0, 0.05) is 17.4 Å². The smallest absolute Gasteiger partial charge is 0.274 e. The molecule has 0 saturated carbocycles. The SMILES string of the molecule is O=C(Nc1cnn(Cc2ccc(Cl)c(Cl)c2)c1)c1ccnn1COc1ccc(Cl)cc1. The lowest BCUT2D eigenvalue weighted by Gasteiger charge is -2.09. The number of benzene rings is 2. The normalized spacial score (nSPS) is 10.8. The summed E-state index contributed by atoms with van der Waals surface area (Å²) in [6.07, 6.45) is 4.83. The molecule has 0 unspecified atom stereocenters. The molecular weight excluding hydrogens is 461 g/mol. The highest BCUT2D eigenvalue weighted by Crippen LogP contribution is 2.23. The molecule has 2 heterocycles. The number of anilines is 1. The van der Waals surface area contributed by atoms with Gasteiger partial charge in [-0.2, -0.15) is 10.2 Å². The molecule has 4 rings (SSSR count). The minimum atomic E-state index is -0.328. The predicted octanol–water partition coefficient (Wildman–Crippen LogP) is 5.38. The van der Waals surface area contributed by atoms with E-state index in [1.807, 2.05) is 6.07 Å². The summed E-state index contributed by atoms with van der Waals surface area (Å²) in [6, 6.07) is 13.9. The maximum absolute atomic E-state index is 12.7. The second-order valence-corrected chi connectivity index (χ2v) is 7.82. The molecule has 0 fully saturated rings. The highest BCUT2D eigenvalue weighted by atomic mass is 35.5. The van der Waals surface area contributed by atoms with Crippen LogP contribution in [0, 0.1) is 0 Å². The van der Waals surface area contributed by atoms with Crippen LogP contribution in [0.25, 0.3) is 0 Å². The minimum Gasteiger partial charge on any atom is -0.471 e. The number of halogens is 3. The molecule has 1 N–H and O–H groups in total. The van der Waals surface area contributed by atoms with E-state index >= 15 is 0 Å². The van der Waals surface area contributed by atoms with E-state index in [9.17, 15) is 4.79 Å². The van der Waals surface area contributed by atoms with Gasteiger partial charge in [0.1, 0.15) is 11.4 Å². The van der Waals surface area contributed by atoms with E-state index in [0.29, 0.717) is 38.7 Å². The average Bonchev–Trinajstić information content (AvgIpc) is 3.40. The molecule has 158 valence electrons. The van der Waals surface area contributed by atoms with Crippen molar-refractivity contribution in [3.8, 4) is 5.75 Å². The molecule has 1 amide bonds. The maximum atomic E-state index is 12.7. The third-order valence-corrected chi connectivity index (χ3v) is 5.33. The molecule has 0 aliphatic heterocycles. The van der Waals surface area contributed by atoms with Crippen molar-refractivity contribution >= 4 is 46.4 Å². The van der Waals surface area contributed by atoms with Crippen LogP contribution in [0.15, 0.2) is 67.1 Å². The highest BCUT2D eigenvalue weighted by molar-refractivity contribution is 6.42. The van der Waals surface area contributed by atoms with Crippen molar-refractivity contribution in [2.45, 2.75) is 13.3 Å². The Kier molecular flexibility index (Phi) is 6.46. The molecule has 0 saturated heterocycles. The number of carbonyl (C=O) groups excluding carboxylic acids is 1. The lowest BCUT2D eigenvalue weighted by Crippen LogP contribution is -2.19. The third kappa shape index (κ3) is 5.38. The summed E-state index contributed by atoms with van der Waals surface area (Å²) in [5.74, 6) is 0.293. The number of ether oxygens (including phenoxy) is 1. The summed E-state index contributed by atoms with van der Waals surface area (Å²) in [6.45, 7) is 0.563. The number of aromatic nitrogens is 4. The van der Waals surface area contributed by atoms with Crippen molar-refractivity contribution in [1.82, 2.24) is 19.6 Å². The summed E-state index contributed by atoms with van der Waals surface area (Å²) < 4.78 is 8.81. The third-order valence-electron chi connectivity index (χ3n) is 4.34. The van der Waals surface area contributed by atoms with E-state index in [4.69, 9.17) is 39.5 Å². The fourth-order valence-corrected chi connectivity index (χ4v) is 3.28. The van der Waals surface area contributed by atoms with Crippen LogP contribution in [0.1, 0.15) is 16.1 Å². The van der Waals surface area contributed by atoms with Gasteiger partial charge in [0.2, 0.25) is 0 Å². The summed E-state index contributed by atoms with van der Waals surface area (Å²) >= 11 is 17.9. The van der Waals surface area contributed by atoms with Crippen LogP contribution in [-0.2, 0) is 13.3 Å². The van der Waals surface area contributed by atoms with Gasteiger partial charge >= 0.3 is 0 Å². The topological polar surface area (TPSA) is 74.0 Å². The van der Waals surface area contributed by atoms with Gasteiger partial charge in [-0.3, -0.25) is 9.48 Å². The minimum absolute atomic E-state index is 0.0774. The first-order chi connectivity index (χ1) is 15.0. The van der Waals surface area contributed by atoms with Crippen molar-refractivity contribution in [3.63, 3.8) is 0 Å². The first kappa shape index (κ1) is 21.2. The van der Waals surface area contributed by atoms with Crippen LogP contribution < -0.4 is 10.1 Å². The number of rotatable bonds is 7.